The van der Waals surface area contributed by atoms with E-state index in [1.54, 1.807) is 31.2 Å². The Labute approximate surface area is 254 Å². The zero-order valence-electron chi connectivity index (χ0n) is 23.3. The Hall–Kier alpha value is -3.87. The molecule has 1 N–H and O–H groups in total. The van der Waals surface area contributed by atoms with E-state index in [2.05, 4.69) is 5.32 Å². The van der Waals surface area contributed by atoms with Gasteiger partial charge in [0.1, 0.15) is 18.3 Å². The minimum Gasteiger partial charge on any atom is -0.495 e. The number of anilines is 1. The molecule has 0 saturated heterocycles. The van der Waals surface area contributed by atoms with Gasteiger partial charge in [0, 0.05) is 34.8 Å². The van der Waals surface area contributed by atoms with E-state index < -0.39 is 49.9 Å². The van der Waals surface area contributed by atoms with Crippen molar-refractivity contribution in [2.45, 2.75) is 38.3 Å². The summed E-state index contributed by atoms with van der Waals surface area (Å²) in [6.07, 6.45) is 0. The number of amides is 2. The van der Waals surface area contributed by atoms with Gasteiger partial charge in [-0.3, -0.25) is 24.0 Å². The monoisotopic (exact) mass is 636 g/mol. The summed E-state index contributed by atoms with van der Waals surface area (Å²) in [5, 5.41) is 14.8. The fourth-order valence-corrected chi connectivity index (χ4v) is 6.00. The van der Waals surface area contributed by atoms with Gasteiger partial charge in [-0.25, -0.2) is 8.42 Å². The van der Waals surface area contributed by atoms with Gasteiger partial charge in [-0.1, -0.05) is 41.4 Å². The third-order valence-electron chi connectivity index (χ3n) is 6.41. The number of methoxy groups -OCH3 is 1. The summed E-state index contributed by atoms with van der Waals surface area (Å²) in [7, 11) is -3.30. The molecular weight excluding hydrogens is 607 g/mol. The molecule has 0 fully saturated rings. The summed E-state index contributed by atoms with van der Waals surface area (Å²) in [6, 6.07) is 13.4. The van der Waals surface area contributed by atoms with Crippen LogP contribution in [0.2, 0.25) is 10.0 Å². The van der Waals surface area contributed by atoms with Crippen LogP contribution in [0.25, 0.3) is 0 Å². The van der Waals surface area contributed by atoms with Crippen molar-refractivity contribution in [1.29, 1.82) is 0 Å². The lowest BCUT2D eigenvalue weighted by Crippen LogP contribution is -2.51. The van der Waals surface area contributed by atoms with E-state index in [1.807, 2.05) is 0 Å². The highest BCUT2D eigenvalue weighted by atomic mass is 35.5. The Morgan fingerprint density at radius 3 is 2.38 bits per heavy atom. The smallest absolute Gasteiger partial charge is 0.273 e. The molecule has 14 heteroatoms. The normalized spacial score (nSPS) is 11.9. The van der Waals surface area contributed by atoms with Crippen molar-refractivity contribution in [1.82, 2.24) is 10.2 Å². The largest absolute Gasteiger partial charge is 0.495 e. The zero-order valence-corrected chi connectivity index (χ0v) is 25.7. The van der Waals surface area contributed by atoms with Crippen LogP contribution in [0.3, 0.4) is 0 Å². The van der Waals surface area contributed by atoms with Gasteiger partial charge < -0.3 is 15.0 Å². The van der Waals surface area contributed by atoms with Gasteiger partial charge in [0.25, 0.3) is 15.7 Å². The fourth-order valence-electron chi connectivity index (χ4n) is 4.18. The van der Waals surface area contributed by atoms with Gasteiger partial charge >= 0.3 is 0 Å². The molecule has 3 aromatic rings. The van der Waals surface area contributed by atoms with Crippen molar-refractivity contribution < 1.29 is 27.7 Å². The summed E-state index contributed by atoms with van der Waals surface area (Å²) < 4.78 is 34.4. The number of carbonyl (C=O) groups excluding carboxylic acids is 2. The number of carbonyl (C=O) groups is 2. The lowest BCUT2D eigenvalue weighted by molar-refractivity contribution is -0.385. The molecule has 0 bridgehead atoms. The maximum absolute atomic E-state index is 14.1. The van der Waals surface area contributed by atoms with Gasteiger partial charge in [-0.15, -0.1) is 0 Å². The molecule has 224 valence electrons. The molecule has 0 aliphatic rings. The second kappa shape index (κ2) is 13.9. The maximum atomic E-state index is 14.1. The van der Waals surface area contributed by atoms with Gasteiger partial charge in [0.05, 0.1) is 22.6 Å². The van der Waals surface area contributed by atoms with Crippen LogP contribution < -0.4 is 14.4 Å². The Morgan fingerprint density at radius 1 is 1.07 bits per heavy atom. The van der Waals surface area contributed by atoms with Crippen LogP contribution in [0.15, 0.2) is 65.6 Å². The molecule has 42 heavy (non-hydrogen) atoms. The number of nitrogens with zero attached hydrogens (tertiary/aromatic N) is 3. The highest BCUT2D eigenvalue weighted by molar-refractivity contribution is 7.92. The topological polar surface area (TPSA) is 139 Å². The van der Waals surface area contributed by atoms with E-state index in [1.165, 1.54) is 56.2 Å². The molecule has 0 aliphatic carbocycles. The van der Waals surface area contributed by atoms with Crippen LogP contribution >= 0.6 is 23.2 Å². The van der Waals surface area contributed by atoms with Gasteiger partial charge in [0.15, 0.2) is 0 Å². The number of aryl methyl sites for hydroxylation is 1. The standard InChI is InChI=1S/C28H30Cl2N4O7S/c1-5-31-28(36)19(3)32(16-20-7-6-8-21(29)13-20)27(35)17-33(25-14-22(30)10-12-26(25)41-4)42(39,40)23-11-9-18(2)24(15-23)34(37)38/h6-15,19H,5,16-17H2,1-4H3,(H,31,36). The predicted octanol–water partition coefficient (Wildman–Crippen LogP) is 4.97. The number of hydrogen-bond donors (Lipinski definition) is 1. The third kappa shape index (κ3) is 7.50. The zero-order chi connectivity index (χ0) is 31.2. The van der Waals surface area contributed by atoms with Crippen molar-refractivity contribution >= 4 is 56.4 Å². The predicted molar refractivity (Wildman–Crippen MR) is 161 cm³/mol. The second-order valence-corrected chi connectivity index (χ2v) is 12.0. The highest BCUT2D eigenvalue weighted by Gasteiger charge is 2.34. The number of sulfonamides is 1. The molecule has 1 unspecified atom stereocenters. The first kappa shape index (κ1) is 32.6. The van der Waals surface area contributed by atoms with Crippen LogP contribution in [0.1, 0.15) is 25.0 Å². The van der Waals surface area contributed by atoms with Crippen LogP contribution in [0, 0.1) is 17.0 Å². The van der Waals surface area contributed by atoms with Crippen molar-refractivity contribution in [2.75, 3.05) is 24.5 Å². The minimum absolute atomic E-state index is 0.0612. The molecular formula is C28H30Cl2N4O7S. The number of nitro benzene ring substituents is 1. The summed E-state index contributed by atoms with van der Waals surface area (Å²) in [6.45, 7) is 4.20. The molecule has 3 aromatic carbocycles. The third-order valence-corrected chi connectivity index (χ3v) is 8.64. The van der Waals surface area contributed by atoms with Crippen LogP contribution in [0.4, 0.5) is 11.4 Å². The van der Waals surface area contributed by atoms with Crippen LogP contribution in [-0.2, 0) is 26.2 Å². The van der Waals surface area contributed by atoms with Crippen molar-refractivity contribution in [3.63, 3.8) is 0 Å². The van der Waals surface area contributed by atoms with Crippen molar-refractivity contribution in [3.05, 3.63) is 92.0 Å². The molecule has 2 amide bonds. The highest BCUT2D eigenvalue weighted by Crippen LogP contribution is 2.36. The first-order valence-electron chi connectivity index (χ1n) is 12.7. The molecule has 0 radical (unpaired) electrons. The quantitative estimate of drug-likeness (QED) is 0.219. The molecule has 11 nitrogen and oxygen atoms in total. The summed E-state index contributed by atoms with van der Waals surface area (Å²) >= 11 is 12.4. The van der Waals surface area contributed by atoms with Crippen LogP contribution in [0.5, 0.6) is 5.75 Å². The maximum Gasteiger partial charge on any atom is 0.273 e. The number of ether oxygens (including phenoxy) is 1. The average Bonchev–Trinajstić information content (AvgIpc) is 2.94. The number of hydrogen-bond acceptors (Lipinski definition) is 7. The Morgan fingerprint density at radius 2 is 1.76 bits per heavy atom. The van der Waals surface area contributed by atoms with Crippen LogP contribution in [-0.4, -0.2) is 56.3 Å². The van der Waals surface area contributed by atoms with E-state index in [9.17, 15) is 28.1 Å². The molecule has 0 heterocycles. The fraction of sp³-hybridized carbons (Fsp3) is 0.286. The van der Waals surface area contributed by atoms with E-state index in [0.29, 0.717) is 17.1 Å². The Bertz CT molecular complexity index is 1600. The minimum atomic E-state index is -4.62. The lowest BCUT2D eigenvalue weighted by atomic mass is 10.1. The Kier molecular flexibility index (Phi) is 10.8. The first-order valence-corrected chi connectivity index (χ1v) is 14.9. The number of nitrogens with one attached hydrogen (secondary N) is 1. The molecule has 0 spiro atoms. The van der Waals surface area contributed by atoms with E-state index in [4.69, 9.17) is 27.9 Å². The molecule has 1 atom stereocenters. The van der Waals surface area contributed by atoms with Gasteiger partial charge in [-0.2, -0.15) is 0 Å². The molecule has 3 rings (SSSR count). The SMILES string of the molecule is CCNC(=O)C(C)N(Cc1cccc(Cl)c1)C(=O)CN(c1cc(Cl)ccc1OC)S(=O)(=O)c1ccc(C)c([N+](=O)[O-])c1. The van der Waals surface area contributed by atoms with Crippen molar-refractivity contribution in [3.8, 4) is 5.75 Å². The number of nitro groups is 1. The molecule has 0 saturated carbocycles. The van der Waals surface area contributed by atoms with Gasteiger partial charge in [0.2, 0.25) is 11.8 Å². The second-order valence-electron chi connectivity index (χ2n) is 9.26. The van der Waals surface area contributed by atoms with E-state index in [-0.39, 0.29) is 28.6 Å². The number of benzene rings is 3. The van der Waals surface area contributed by atoms with E-state index in [0.717, 1.165) is 10.4 Å². The number of rotatable bonds is 12. The lowest BCUT2D eigenvalue weighted by Gasteiger charge is -2.32. The summed E-state index contributed by atoms with van der Waals surface area (Å²) in [5.41, 5.74) is 0.379. The molecule has 0 aromatic heterocycles. The summed E-state index contributed by atoms with van der Waals surface area (Å²) in [5.74, 6) is -1.10. The average molecular weight is 638 g/mol. The van der Waals surface area contributed by atoms with E-state index >= 15 is 0 Å². The number of likely N-dealkylation sites (N-methyl/N-ethyl adjacent to an activating group) is 1. The summed E-state index contributed by atoms with van der Waals surface area (Å²) in [4.78, 5) is 38.5. The number of halogens is 2. The van der Waals surface area contributed by atoms with Gasteiger partial charge in [-0.05, 0) is 62.7 Å². The molecule has 0 aliphatic heterocycles. The first-order chi connectivity index (χ1) is 19.8. The Balaban J connectivity index is 2.17. The van der Waals surface area contributed by atoms with Crippen molar-refractivity contribution in [2.24, 2.45) is 0 Å².